The van der Waals surface area contributed by atoms with Gasteiger partial charge in [-0.15, -0.1) is 0 Å². The first-order valence-corrected chi connectivity index (χ1v) is 10.2. The quantitative estimate of drug-likeness (QED) is 0.601. The molecule has 4 rings (SSSR count). The number of amides is 1. The van der Waals surface area contributed by atoms with Crippen molar-refractivity contribution in [3.8, 4) is 0 Å². The maximum atomic E-state index is 13.8. The second-order valence-electron chi connectivity index (χ2n) is 7.77. The molecular weight excluding hydrogens is 428 g/mol. The predicted molar refractivity (Wildman–Crippen MR) is 117 cm³/mol. The summed E-state index contributed by atoms with van der Waals surface area (Å²) in [5.41, 5.74) is 2.22. The first-order chi connectivity index (χ1) is 14.7. The standard InChI is InChI=1S/C21H22ClF2N5O2/c1-12-10-28(5-6-29(12)14-8-15(23)20(22)16(24)9-14)11-19(30)25-13-3-4-17-18(7-13)27(2)21(31)26-17/h3-4,7-9,12H,5-6,10-11H2,1-2H3,(H,25,30)(H,26,31)/t12-/m1/s1. The van der Waals surface area contributed by atoms with Crippen LogP contribution in [0.3, 0.4) is 0 Å². The number of anilines is 2. The Morgan fingerprint density at radius 2 is 1.94 bits per heavy atom. The Balaban J connectivity index is 1.38. The van der Waals surface area contributed by atoms with Crippen LogP contribution < -0.4 is 15.9 Å². The number of aromatic amines is 1. The number of hydrogen-bond acceptors (Lipinski definition) is 4. The van der Waals surface area contributed by atoms with Crippen molar-refractivity contribution in [2.24, 2.45) is 7.05 Å². The summed E-state index contributed by atoms with van der Waals surface area (Å²) in [5.74, 6) is -1.76. The van der Waals surface area contributed by atoms with E-state index in [2.05, 4.69) is 10.3 Å². The number of fused-ring (bicyclic) bond motifs is 1. The minimum Gasteiger partial charge on any atom is -0.366 e. The summed E-state index contributed by atoms with van der Waals surface area (Å²) in [6.45, 7) is 3.77. The molecule has 31 heavy (non-hydrogen) atoms. The Morgan fingerprint density at radius 3 is 2.61 bits per heavy atom. The molecule has 2 aromatic carbocycles. The van der Waals surface area contributed by atoms with E-state index in [-0.39, 0.29) is 24.2 Å². The molecule has 0 saturated carbocycles. The minimum absolute atomic E-state index is 0.0488. The molecule has 1 atom stereocenters. The van der Waals surface area contributed by atoms with Gasteiger partial charge in [0.25, 0.3) is 0 Å². The van der Waals surface area contributed by atoms with Crippen molar-refractivity contribution < 1.29 is 13.6 Å². The van der Waals surface area contributed by atoms with Crippen molar-refractivity contribution in [1.29, 1.82) is 0 Å². The predicted octanol–water partition coefficient (Wildman–Crippen LogP) is 2.95. The number of hydrogen-bond donors (Lipinski definition) is 2. The normalized spacial score (nSPS) is 17.3. The molecule has 3 aromatic rings. The molecule has 10 heteroatoms. The van der Waals surface area contributed by atoms with Gasteiger partial charge < -0.3 is 15.2 Å². The summed E-state index contributed by atoms with van der Waals surface area (Å²) in [7, 11) is 1.66. The number of carbonyl (C=O) groups is 1. The lowest BCUT2D eigenvalue weighted by Gasteiger charge is -2.41. The summed E-state index contributed by atoms with van der Waals surface area (Å²) in [5, 5.41) is 2.35. The summed E-state index contributed by atoms with van der Waals surface area (Å²) >= 11 is 5.57. The van der Waals surface area contributed by atoms with Crippen LogP contribution in [0.1, 0.15) is 6.92 Å². The average molecular weight is 450 g/mol. The number of nitrogens with zero attached hydrogens (tertiary/aromatic N) is 3. The van der Waals surface area contributed by atoms with Crippen molar-refractivity contribution in [1.82, 2.24) is 14.5 Å². The van der Waals surface area contributed by atoms with Crippen LogP contribution in [-0.4, -0.2) is 52.6 Å². The average Bonchev–Trinajstić information content (AvgIpc) is 2.99. The summed E-state index contributed by atoms with van der Waals surface area (Å²) < 4.78 is 29.1. The number of benzene rings is 2. The van der Waals surface area contributed by atoms with E-state index in [1.54, 1.807) is 25.2 Å². The van der Waals surface area contributed by atoms with E-state index in [0.29, 0.717) is 42.0 Å². The van der Waals surface area contributed by atoms with Crippen LogP contribution >= 0.6 is 11.6 Å². The van der Waals surface area contributed by atoms with Crippen LogP contribution in [0.4, 0.5) is 20.2 Å². The van der Waals surface area contributed by atoms with Gasteiger partial charge in [-0.05, 0) is 37.3 Å². The van der Waals surface area contributed by atoms with Crippen LogP contribution in [-0.2, 0) is 11.8 Å². The Kier molecular flexibility index (Phi) is 5.72. The highest BCUT2D eigenvalue weighted by atomic mass is 35.5. The molecule has 1 aliphatic heterocycles. The molecule has 1 saturated heterocycles. The third-order valence-electron chi connectivity index (χ3n) is 5.57. The zero-order chi connectivity index (χ0) is 22.3. The molecule has 1 amide bonds. The molecule has 0 aliphatic carbocycles. The third kappa shape index (κ3) is 4.28. The van der Waals surface area contributed by atoms with Crippen molar-refractivity contribution >= 4 is 39.9 Å². The van der Waals surface area contributed by atoms with Gasteiger partial charge in [-0.3, -0.25) is 14.3 Å². The molecule has 2 N–H and O–H groups in total. The van der Waals surface area contributed by atoms with Crippen LogP contribution in [0.25, 0.3) is 11.0 Å². The number of rotatable bonds is 4. The van der Waals surface area contributed by atoms with Gasteiger partial charge in [0.1, 0.15) is 16.7 Å². The first-order valence-electron chi connectivity index (χ1n) is 9.85. The molecule has 2 heterocycles. The Bertz CT molecular complexity index is 1190. The van der Waals surface area contributed by atoms with Gasteiger partial charge in [-0.25, -0.2) is 13.6 Å². The highest BCUT2D eigenvalue weighted by molar-refractivity contribution is 6.31. The number of aromatic nitrogens is 2. The van der Waals surface area contributed by atoms with Crippen molar-refractivity contribution in [3.05, 3.63) is 57.5 Å². The number of carbonyl (C=O) groups excluding carboxylic acids is 1. The van der Waals surface area contributed by atoms with Gasteiger partial charge in [-0.1, -0.05) is 11.6 Å². The molecule has 0 spiro atoms. The maximum Gasteiger partial charge on any atom is 0.326 e. The van der Waals surface area contributed by atoms with Gasteiger partial charge in [-0.2, -0.15) is 0 Å². The number of aryl methyl sites for hydroxylation is 1. The van der Waals surface area contributed by atoms with Gasteiger partial charge in [0.05, 0.1) is 17.6 Å². The Morgan fingerprint density at radius 1 is 1.23 bits per heavy atom. The van der Waals surface area contributed by atoms with Crippen LogP contribution in [0.5, 0.6) is 0 Å². The SMILES string of the molecule is C[C@@H]1CN(CC(=O)Nc2ccc3[nH]c(=O)n(C)c3c2)CCN1c1cc(F)c(Cl)c(F)c1. The number of piperazine rings is 1. The van der Waals surface area contributed by atoms with Crippen molar-refractivity contribution in [3.63, 3.8) is 0 Å². The van der Waals surface area contributed by atoms with E-state index in [9.17, 15) is 18.4 Å². The smallest absolute Gasteiger partial charge is 0.326 e. The van der Waals surface area contributed by atoms with E-state index in [0.717, 1.165) is 0 Å². The number of H-pyrrole nitrogens is 1. The summed E-state index contributed by atoms with van der Waals surface area (Å²) in [6.07, 6.45) is 0. The van der Waals surface area contributed by atoms with Crippen LogP contribution in [0, 0.1) is 11.6 Å². The van der Waals surface area contributed by atoms with Gasteiger partial charge in [0.2, 0.25) is 5.91 Å². The zero-order valence-electron chi connectivity index (χ0n) is 17.1. The van der Waals surface area contributed by atoms with E-state index in [1.165, 1.54) is 16.7 Å². The largest absolute Gasteiger partial charge is 0.366 e. The zero-order valence-corrected chi connectivity index (χ0v) is 17.8. The third-order valence-corrected chi connectivity index (χ3v) is 5.93. The lowest BCUT2D eigenvalue weighted by Crippen LogP contribution is -2.53. The van der Waals surface area contributed by atoms with Gasteiger partial charge >= 0.3 is 5.69 Å². The second kappa shape index (κ2) is 8.32. The lowest BCUT2D eigenvalue weighted by atomic mass is 10.1. The minimum atomic E-state index is -0.789. The molecule has 1 aliphatic rings. The highest BCUT2D eigenvalue weighted by Gasteiger charge is 2.26. The fourth-order valence-corrected chi connectivity index (χ4v) is 4.08. The molecule has 1 fully saturated rings. The molecule has 0 bridgehead atoms. The fraction of sp³-hybridized carbons (Fsp3) is 0.333. The molecule has 7 nitrogen and oxygen atoms in total. The number of nitrogens with one attached hydrogen (secondary N) is 2. The molecule has 0 unspecified atom stereocenters. The summed E-state index contributed by atoms with van der Waals surface area (Å²) in [6, 6.07) is 7.64. The maximum absolute atomic E-state index is 13.8. The Hall–Kier alpha value is -2.91. The van der Waals surface area contributed by atoms with Crippen LogP contribution in [0.2, 0.25) is 5.02 Å². The van der Waals surface area contributed by atoms with Crippen molar-refractivity contribution in [2.75, 3.05) is 36.4 Å². The van der Waals surface area contributed by atoms with Crippen LogP contribution in [0.15, 0.2) is 35.1 Å². The highest BCUT2D eigenvalue weighted by Crippen LogP contribution is 2.28. The lowest BCUT2D eigenvalue weighted by molar-refractivity contribution is -0.117. The summed E-state index contributed by atoms with van der Waals surface area (Å²) in [4.78, 5) is 30.9. The van der Waals surface area contributed by atoms with Crippen molar-refractivity contribution in [2.45, 2.75) is 13.0 Å². The molecule has 1 aromatic heterocycles. The van der Waals surface area contributed by atoms with Gasteiger partial charge in [0, 0.05) is 44.1 Å². The topological polar surface area (TPSA) is 73.4 Å². The number of imidazole rings is 1. The number of halogens is 3. The molecular formula is C21H22ClF2N5O2. The monoisotopic (exact) mass is 449 g/mol. The van der Waals surface area contributed by atoms with E-state index in [1.807, 2.05) is 16.7 Å². The second-order valence-corrected chi connectivity index (χ2v) is 8.15. The Labute approximate surface area is 182 Å². The van der Waals surface area contributed by atoms with E-state index in [4.69, 9.17) is 11.6 Å². The molecule has 0 radical (unpaired) electrons. The molecule has 164 valence electrons. The van der Waals surface area contributed by atoms with E-state index >= 15 is 0 Å². The first kappa shape index (κ1) is 21.3. The fourth-order valence-electron chi connectivity index (χ4n) is 3.97. The van der Waals surface area contributed by atoms with E-state index < -0.39 is 16.7 Å². The van der Waals surface area contributed by atoms with Gasteiger partial charge in [0.15, 0.2) is 0 Å².